The number of rotatable bonds is 3. The van der Waals surface area contributed by atoms with Gasteiger partial charge in [0.15, 0.2) is 0 Å². The van der Waals surface area contributed by atoms with E-state index in [1.54, 1.807) is 4.90 Å². The summed E-state index contributed by atoms with van der Waals surface area (Å²) < 4.78 is 5.39. The normalized spacial score (nSPS) is 39.4. The first-order valence-corrected chi connectivity index (χ1v) is 15.7. The highest BCUT2D eigenvalue weighted by molar-refractivity contribution is 6.26. The quantitative estimate of drug-likeness (QED) is 0.228. The van der Waals surface area contributed by atoms with Gasteiger partial charge in [0, 0.05) is 10.8 Å². The fourth-order valence-corrected chi connectivity index (χ4v) is 11.1. The first-order valence-electron chi connectivity index (χ1n) is 15.7. The van der Waals surface area contributed by atoms with Gasteiger partial charge < -0.3 is 4.74 Å². The van der Waals surface area contributed by atoms with Gasteiger partial charge in [-0.2, -0.15) is 0 Å². The molecule has 5 aliphatic carbocycles. The Hall–Kier alpha value is -2.95. The zero-order valence-electron chi connectivity index (χ0n) is 25.3. The zero-order chi connectivity index (χ0) is 29.1. The summed E-state index contributed by atoms with van der Waals surface area (Å²) >= 11 is 0. The van der Waals surface area contributed by atoms with E-state index >= 15 is 0 Å². The molecule has 0 radical (unpaired) electrons. The number of aryl methyl sites for hydroxylation is 1. The van der Waals surface area contributed by atoms with Crippen molar-refractivity contribution in [3.8, 4) is 0 Å². The second-order valence-corrected chi connectivity index (χ2v) is 14.6. The van der Waals surface area contributed by atoms with Crippen molar-refractivity contribution in [3.05, 3.63) is 53.6 Å². The molecule has 0 aromatic heterocycles. The lowest BCUT2D eigenvalue weighted by molar-refractivity contribution is -0.196. The van der Waals surface area contributed by atoms with Gasteiger partial charge in [0.25, 0.3) is 0 Å². The average Bonchev–Trinajstić information content (AvgIpc) is 3.23. The topological polar surface area (TPSA) is 63.7 Å². The fourth-order valence-electron chi connectivity index (χ4n) is 11.1. The van der Waals surface area contributed by atoms with Crippen molar-refractivity contribution in [2.45, 2.75) is 73.1 Å². The SMILES string of the molecule is COC(=O)[C@]1(C)CCC[C@@]2(C)C1CC[C@]13C=C(C(C)C)[C@H](CC21)[C@H]1C(=O)N(c2c(C)ccc4ccccc24)C(=O)[C@H]13. The lowest BCUT2D eigenvalue weighted by Crippen LogP contribution is -2.65. The van der Waals surface area contributed by atoms with E-state index in [9.17, 15) is 14.4 Å². The van der Waals surface area contributed by atoms with Crippen LogP contribution < -0.4 is 4.90 Å². The van der Waals surface area contributed by atoms with Crippen LogP contribution in [0.4, 0.5) is 5.69 Å². The molecule has 1 spiro atoms. The minimum absolute atomic E-state index is 0.0103. The molecule has 2 amide bonds. The maximum Gasteiger partial charge on any atom is 0.311 e. The molecule has 216 valence electrons. The second kappa shape index (κ2) is 8.78. The summed E-state index contributed by atoms with van der Waals surface area (Å²) in [5.74, 6) is 0.0925. The Morgan fingerprint density at radius 1 is 1.00 bits per heavy atom. The van der Waals surface area contributed by atoms with Gasteiger partial charge in [-0.05, 0) is 86.0 Å². The van der Waals surface area contributed by atoms with Gasteiger partial charge in [-0.1, -0.05) is 75.2 Å². The first kappa shape index (κ1) is 26.9. The number of ether oxygens (including phenoxy) is 1. The molecule has 2 unspecified atom stereocenters. The Kier molecular flexibility index (Phi) is 5.77. The zero-order valence-corrected chi connectivity index (χ0v) is 25.3. The van der Waals surface area contributed by atoms with E-state index in [2.05, 4.69) is 45.9 Å². The van der Waals surface area contributed by atoms with Gasteiger partial charge in [0.2, 0.25) is 11.8 Å². The largest absolute Gasteiger partial charge is 0.469 e. The monoisotopic (exact) mass is 553 g/mol. The van der Waals surface area contributed by atoms with Crippen LogP contribution in [0.5, 0.6) is 0 Å². The maximum atomic E-state index is 14.8. The molecule has 5 heteroatoms. The van der Waals surface area contributed by atoms with Gasteiger partial charge in [-0.25, -0.2) is 4.90 Å². The Morgan fingerprint density at radius 2 is 1.76 bits per heavy atom. The van der Waals surface area contributed by atoms with Crippen molar-refractivity contribution in [1.82, 2.24) is 0 Å². The molecule has 1 heterocycles. The molecular formula is C36H43NO4. The summed E-state index contributed by atoms with van der Waals surface area (Å²) in [4.78, 5) is 44.2. The smallest absolute Gasteiger partial charge is 0.311 e. The summed E-state index contributed by atoms with van der Waals surface area (Å²) in [5.41, 5.74) is 2.13. The van der Waals surface area contributed by atoms with Crippen LogP contribution in [0.2, 0.25) is 0 Å². The molecular weight excluding hydrogens is 510 g/mol. The summed E-state index contributed by atoms with van der Waals surface area (Å²) in [6.45, 7) is 11.0. The number of carbonyl (C=O) groups excluding carboxylic acids is 3. The molecule has 4 fully saturated rings. The van der Waals surface area contributed by atoms with Crippen molar-refractivity contribution >= 4 is 34.2 Å². The molecule has 2 aromatic rings. The molecule has 6 aliphatic rings. The van der Waals surface area contributed by atoms with E-state index in [0.717, 1.165) is 60.5 Å². The van der Waals surface area contributed by atoms with Gasteiger partial charge in [-0.15, -0.1) is 0 Å². The van der Waals surface area contributed by atoms with Crippen molar-refractivity contribution in [2.75, 3.05) is 12.0 Å². The number of methoxy groups -OCH3 is 1. The van der Waals surface area contributed by atoms with Crippen molar-refractivity contribution in [1.29, 1.82) is 0 Å². The van der Waals surface area contributed by atoms with Gasteiger partial charge in [0.1, 0.15) is 0 Å². The number of nitrogens with zero attached hydrogens (tertiary/aromatic N) is 1. The van der Waals surface area contributed by atoms with E-state index in [1.807, 2.05) is 31.2 Å². The van der Waals surface area contributed by atoms with Gasteiger partial charge >= 0.3 is 5.97 Å². The number of carbonyl (C=O) groups is 3. The van der Waals surface area contributed by atoms with Crippen molar-refractivity contribution in [3.63, 3.8) is 0 Å². The van der Waals surface area contributed by atoms with Crippen LogP contribution in [0.15, 0.2) is 48.0 Å². The number of anilines is 1. The van der Waals surface area contributed by atoms with Crippen molar-refractivity contribution in [2.24, 2.45) is 51.8 Å². The van der Waals surface area contributed by atoms with Crippen LogP contribution in [0.1, 0.15) is 71.8 Å². The molecule has 1 saturated heterocycles. The fraction of sp³-hybridized carbons (Fsp3) is 0.583. The van der Waals surface area contributed by atoms with Gasteiger partial charge in [-0.3, -0.25) is 14.4 Å². The van der Waals surface area contributed by atoms with Crippen molar-refractivity contribution < 1.29 is 19.1 Å². The first-order chi connectivity index (χ1) is 19.5. The van der Waals surface area contributed by atoms with Crippen LogP contribution in [-0.2, 0) is 19.1 Å². The number of imide groups is 1. The molecule has 8 atom stereocenters. The predicted molar refractivity (Wildman–Crippen MR) is 160 cm³/mol. The average molecular weight is 554 g/mol. The number of hydrogen-bond acceptors (Lipinski definition) is 4. The van der Waals surface area contributed by atoms with E-state index in [1.165, 1.54) is 12.7 Å². The number of hydrogen-bond donors (Lipinski definition) is 0. The van der Waals surface area contributed by atoms with E-state index < -0.39 is 5.41 Å². The summed E-state index contributed by atoms with van der Waals surface area (Å²) in [5, 5.41) is 2.00. The molecule has 8 rings (SSSR count). The second-order valence-electron chi connectivity index (χ2n) is 14.6. The highest BCUT2D eigenvalue weighted by Gasteiger charge is 2.73. The van der Waals surface area contributed by atoms with Crippen LogP contribution in [-0.4, -0.2) is 24.9 Å². The Bertz CT molecular complexity index is 1520. The van der Waals surface area contributed by atoms with E-state index in [-0.39, 0.29) is 58.2 Å². The Labute approximate surface area is 243 Å². The minimum atomic E-state index is -0.508. The van der Waals surface area contributed by atoms with Gasteiger partial charge in [0.05, 0.1) is 30.0 Å². The minimum Gasteiger partial charge on any atom is -0.469 e. The molecule has 3 saturated carbocycles. The molecule has 2 aromatic carbocycles. The lowest BCUT2D eigenvalue weighted by Gasteiger charge is -2.68. The molecule has 2 bridgehead atoms. The number of fused-ring (bicyclic) bond motifs is 2. The van der Waals surface area contributed by atoms with Crippen LogP contribution in [0.25, 0.3) is 10.8 Å². The van der Waals surface area contributed by atoms with E-state index in [4.69, 9.17) is 4.74 Å². The highest BCUT2D eigenvalue weighted by atomic mass is 16.5. The molecule has 41 heavy (non-hydrogen) atoms. The number of esters is 1. The highest BCUT2D eigenvalue weighted by Crippen LogP contribution is 2.74. The summed E-state index contributed by atoms with van der Waals surface area (Å²) in [7, 11) is 1.52. The molecule has 5 nitrogen and oxygen atoms in total. The van der Waals surface area contributed by atoms with Crippen LogP contribution in [0, 0.1) is 58.7 Å². The maximum absolute atomic E-state index is 14.8. The third-order valence-corrected chi connectivity index (χ3v) is 12.6. The van der Waals surface area contributed by atoms with Crippen LogP contribution in [0.3, 0.4) is 0 Å². The predicted octanol–water partition coefficient (Wildman–Crippen LogP) is 7.25. The number of amides is 2. The lowest BCUT2D eigenvalue weighted by atomic mass is 9.34. The number of allylic oxidation sites excluding steroid dienone is 2. The molecule has 1 aliphatic heterocycles. The third kappa shape index (κ3) is 3.27. The third-order valence-electron chi connectivity index (χ3n) is 12.6. The Balaban J connectivity index is 1.39. The van der Waals surface area contributed by atoms with E-state index in [0.29, 0.717) is 5.92 Å². The molecule has 0 N–H and O–H groups in total. The Morgan fingerprint density at radius 3 is 2.49 bits per heavy atom. The van der Waals surface area contributed by atoms with Crippen LogP contribution >= 0.6 is 0 Å². The standard InChI is InChI=1S/C36H43NO4/c1-20(2)25-19-36-17-14-26-34(4,15-9-16-35(26,5)33(40)41-6)27(36)18-24(25)28-29(36)32(39)37(31(28)38)30-21(3)12-13-22-10-7-8-11-23(22)30/h7-8,10-13,19-20,24,26-29H,9,14-18H2,1-6H3/t24-,26?,27?,28+,29-,34-,35+,36-/m0/s1. The summed E-state index contributed by atoms with van der Waals surface area (Å²) in [6.07, 6.45) is 8.04. The number of benzene rings is 2. The summed E-state index contributed by atoms with van der Waals surface area (Å²) in [6, 6.07) is 12.2.